The molecule has 1 aliphatic rings. The van der Waals surface area contributed by atoms with Crippen LogP contribution in [0.25, 0.3) is 0 Å². The van der Waals surface area contributed by atoms with E-state index in [0.717, 1.165) is 5.56 Å². The number of halogens is 1. The Morgan fingerprint density at radius 3 is 2.72 bits per heavy atom. The minimum absolute atomic E-state index is 0.00535. The highest BCUT2D eigenvalue weighted by Gasteiger charge is 2.27. The minimum atomic E-state index is -0.845. The highest BCUT2D eigenvalue weighted by molar-refractivity contribution is 5.69. The minimum Gasteiger partial charge on any atom is -0.480 e. The molecule has 1 aromatic carbocycles. The molecular formula is C13H16FNO3. The number of nitrogens with zero attached hydrogens (tertiary/aromatic N) is 1. The van der Waals surface area contributed by atoms with Crippen molar-refractivity contribution in [3.05, 3.63) is 35.6 Å². The average molecular weight is 253 g/mol. The molecule has 1 aromatic rings. The Morgan fingerprint density at radius 2 is 2.11 bits per heavy atom. The number of carboxylic acids is 1. The number of carboxylic acid groups (broad SMARTS) is 1. The fourth-order valence-corrected chi connectivity index (χ4v) is 2.22. The number of aliphatic carboxylic acids is 1. The first-order valence-electron chi connectivity index (χ1n) is 5.89. The lowest BCUT2D eigenvalue weighted by Gasteiger charge is -2.36. The number of morpholine rings is 1. The summed E-state index contributed by atoms with van der Waals surface area (Å²) in [4.78, 5) is 12.6. The monoisotopic (exact) mass is 253 g/mol. The molecule has 5 heteroatoms. The zero-order chi connectivity index (χ0) is 13.1. The van der Waals surface area contributed by atoms with E-state index in [-0.39, 0.29) is 24.6 Å². The number of ether oxygens (including phenoxy) is 1. The van der Waals surface area contributed by atoms with E-state index in [0.29, 0.717) is 13.1 Å². The lowest BCUT2D eigenvalue weighted by Crippen LogP contribution is -2.44. The largest absolute Gasteiger partial charge is 0.480 e. The van der Waals surface area contributed by atoms with Crippen molar-refractivity contribution in [2.45, 2.75) is 19.1 Å². The van der Waals surface area contributed by atoms with Gasteiger partial charge in [-0.1, -0.05) is 12.1 Å². The molecule has 0 aromatic heterocycles. The molecule has 1 heterocycles. The van der Waals surface area contributed by atoms with Gasteiger partial charge in [0.2, 0.25) is 0 Å². The highest BCUT2D eigenvalue weighted by Crippen LogP contribution is 2.25. The van der Waals surface area contributed by atoms with Gasteiger partial charge in [-0.3, -0.25) is 9.69 Å². The number of benzene rings is 1. The van der Waals surface area contributed by atoms with E-state index in [4.69, 9.17) is 9.84 Å². The van der Waals surface area contributed by atoms with Gasteiger partial charge in [0.25, 0.3) is 0 Å². The van der Waals surface area contributed by atoms with E-state index >= 15 is 0 Å². The second-order valence-corrected chi connectivity index (χ2v) is 4.57. The van der Waals surface area contributed by atoms with E-state index in [9.17, 15) is 9.18 Å². The molecule has 4 nitrogen and oxygen atoms in total. The molecule has 0 aliphatic carbocycles. The van der Waals surface area contributed by atoms with Crippen molar-refractivity contribution in [1.29, 1.82) is 0 Å². The predicted octanol–water partition coefficient (Wildman–Crippen LogP) is 1.67. The average Bonchev–Trinajstić information content (AvgIpc) is 2.28. The van der Waals surface area contributed by atoms with Crippen LogP contribution in [0.4, 0.5) is 4.39 Å². The van der Waals surface area contributed by atoms with Gasteiger partial charge in [0, 0.05) is 13.1 Å². The van der Waals surface area contributed by atoms with Crippen molar-refractivity contribution < 1.29 is 19.0 Å². The first kappa shape index (κ1) is 13.0. The maximum atomic E-state index is 12.9. The van der Waals surface area contributed by atoms with Gasteiger partial charge < -0.3 is 9.84 Å². The first-order chi connectivity index (χ1) is 8.54. The summed E-state index contributed by atoms with van der Waals surface area (Å²) in [5.74, 6) is -1.13. The van der Waals surface area contributed by atoms with Crippen LogP contribution in [-0.2, 0) is 9.53 Å². The van der Waals surface area contributed by atoms with Crippen molar-refractivity contribution in [3.8, 4) is 0 Å². The van der Waals surface area contributed by atoms with E-state index in [1.807, 2.05) is 11.8 Å². The molecule has 0 saturated carbocycles. The van der Waals surface area contributed by atoms with Gasteiger partial charge in [-0.25, -0.2) is 4.39 Å². The lowest BCUT2D eigenvalue weighted by molar-refractivity contribution is -0.142. The van der Waals surface area contributed by atoms with Crippen LogP contribution in [0.3, 0.4) is 0 Å². The van der Waals surface area contributed by atoms with Crippen LogP contribution in [0, 0.1) is 5.82 Å². The van der Waals surface area contributed by atoms with Crippen LogP contribution in [0.2, 0.25) is 0 Å². The number of carbonyl (C=O) groups is 1. The Labute approximate surface area is 105 Å². The van der Waals surface area contributed by atoms with Gasteiger partial charge in [0.05, 0.1) is 18.8 Å². The van der Waals surface area contributed by atoms with Crippen LogP contribution in [-0.4, -0.2) is 41.7 Å². The van der Waals surface area contributed by atoms with Crippen LogP contribution < -0.4 is 0 Å². The third-order valence-corrected chi connectivity index (χ3v) is 2.94. The van der Waals surface area contributed by atoms with Crippen LogP contribution in [0.1, 0.15) is 18.6 Å². The van der Waals surface area contributed by atoms with Gasteiger partial charge >= 0.3 is 5.97 Å². The lowest BCUT2D eigenvalue weighted by atomic mass is 10.1. The summed E-state index contributed by atoms with van der Waals surface area (Å²) in [6.45, 7) is 3.03. The number of rotatable bonds is 3. The van der Waals surface area contributed by atoms with Gasteiger partial charge in [-0.15, -0.1) is 0 Å². The van der Waals surface area contributed by atoms with Gasteiger partial charge in [0.15, 0.2) is 0 Å². The first-order valence-corrected chi connectivity index (χ1v) is 5.89. The molecule has 1 saturated heterocycles. The topological polar surface area (TPSA) is 49.8 Å². The molecule has 18 heavy (non-hydrogen) atoms. The van der Waals surface area contributed by atoms with Crippen molar-refractivity contribution in [2.75, 3.05) is 19.6 Å². The molecule has 0 unspecified atom stereocenters. The highest BCUT2D eigenvalue weighted by atomic mass is 19.1. The molecule has 98 valence electrons. The molecule has 2 rings (SSSR count). The molecule has 0 radical (unpaired) electrons. The van der Waals surface area contributed by atoms with Gasteiger partial charge in [-0.05, 0) is 24.6 Å². The summed E-state index contributed by atoms with van der Waals surface area (Å²) in [5.41, 5.74) is 0.873. The third kappa shape index (κ3) is 3.27. The van der Waals surface area contributed by atoms with Crippen molar-refractivity contribution in [3.63, 3.8) is 0 Å². The zero-order valence-electron chi connectivity index (χ0n) is 10.2. The second kappa shape index (κ2) is 5.46. The van der Waals surface area contributed by atoms with Crippen LogP contribution >= 0.6 is 0 Å². The summed E-state index contributed by atoms with van der Waals surface area (Å²) in [6.07, 6.45) is -0.234. The quantitative estimate of drug-likeness (QED) is 0.890. The normalized spacial score (nSPS) is 25.0. The molecular weight excluding hydrogens is 237 g/mol. The van der Waals surface area contributed by atoms with E-state index in [1.165, 1.54) is 12.1 Å². The molecule has 1 N–H and O–H groups in total. The number of hydrogen-bond donors (Lipinski definition) is 1. The Hall–Kier alpha value is -1.46. The molecule has 1 aliphatic heterocycles. The van der Waals surface area contributed by atoms with Crippen molar-refractivity contribution >= 4 is 5.97 Å². The second-order valence-electron chi connectivity index (χ2n) is 4.57. The molecule has 1 fully saturated rings. The Bertz CT molecular complexity index is 421. The Morgan fingerprint density at radius 1 is 1.44 bits per heavy atom. The molecule has 0 spiro atoms. The van der Waals surface area contributed by atoms with Gasteiger partial charge in [0.1, 0.15) is 5.82 Å². The predicted molar refractivity (Wildman–Crippen MR) is 63.8 cm³/mol. The molecule has 2 atom stereocenters. The van der Waals surface area contributed by atoms with Crippen molar-refractivity contribution in [2.24, 2.45) is 0 Å². The summed E-state index contributed by atoms with van der Waals surface area (Å²) in [5, 5.41) is 8.81. The number of hydrogen-bond acceptors (Lipinski definition) is 3. The fraction of sp³-hybridized carbons (Fsp3) is 0.462. The van der Waals surface area contributed by atoms with Crippen LogP contribution in [0.15, 0.2) is 24.3 Å². The zero-order valence-corrected chi connectivity index (χ0v) is 10.2. The summed E-state index contributed by atoms with van der Waals surface area (Å²) in [6, 6.07) is 6.13. The van der Waals surface area contributed by atoms with E-state index < -0.39 is 5.97 Å². The smallest absolute Gasteiger partial charge is 0.317 e. The Kier molecular flexibility index (Phi) is 3.93. The SMILES string of the molecule is C[C@H]1CN(CC(=O)O)C[C@@H](c2ccc(F)cc2)O1. The van der Waals surface area contributed by atoms with E-state index in [2.05, 4.69) is 0 Å². The summed E-state index contributed by atoms with van der Waals surface area (Å²) >= 11 is 0. The summed E-state index contributed by atoms with van der Waals surface area (Å²) < 4.78 is 18.6. The van der Waals surface area contributed by atoms with Gasteiger partial charge in [-0.2, -0.15) is 0 Å². The van der Waals surface area contributed by atoms with Crippen molar-refractivity contribution in [1.82, 2.24) is 4.90 Å². The third-order valence-electron chi connectivity index (χ3n) is 2.94. The van der Waals surface area contributed by atoms with Crippen LogP contribution in [0.5, 0.6) is 0 Å². The maximum Gasteiger partial charge on any atom is 0.317 e. The molecule has 0 amide bonds. The fourth-order valence-electron chi connectivity index (χ4n) is 2.22. The maximum absolute atomic E-state index is 12.9. The summed E-state index contributed by atoms with van der Waals surface area (Å²) in [7, 11) is 0. The Balaban J connectivity index is 2.08. The van der Waals surface area contributed by atoms with E-state index in [1.54, 1.807) is 12.1 Å². The molecule has 0 bridgehead atoms. The standard InChI is InChI=1S/C13H16FNO3/c1-9-6-15(8-13(16)17)7-12(18-9)10-2-4-11(14)5-3-10/h2-5,9,12H,6-8H2,1H3,(H,16,17)/t9-,12-/m0/s1.